The highest BCUT2D eigenvalue weighted by molar-refractivity contribution is 9.10. The zero-order valence-corrected chi connectivity index (χ0v) is 10.4. The van der Waals surface area contributed by atoms with Crippen LogP contribution in [0.4, 0.5) is 4.39 Å². The Balaban J connectivity index is 2.98. The van der Waals surface area contributed by atoms with Crippen molar-refractivity contribution >= 4 is 15.9 Å². The van der Waals surface area contributed by atoms with E-state index in [1.165, 1.54) is 6.07 Å². The van der Waals surface area contributed by atoms with Crippen LogP contribution in [0.1, 0.15) is 31.9 Å². The van der Waals surface area contributed by atoms with E-state index in [0.29, 0.717) is 22.4 Å². The minimum absolute atomic E-state index is 0.104. The average Bonchev–Trinajstić information content (AvgIpc) is 2.09. The lowest BCUT2D eigenvalue weighted by atomic mass is 9.97. The van der Waals surface area contributed by atoms with E-state index in [1.807, 2.05) is 13.8 Å². The van der Waals surface area contributed by atoms with Crippen molar-refractivity contribution in [3.63, 3.8) is 0 Å². The van der Waals surface area contributed by atoms with Crippen LogP contribution in [0, 0.1) is 11.7 Å². The topological polar surface area (TPSA) is 46.2 Å². The van der Waals surface area contributed by atoms with E-state index >= 15 is 0 Å². The van der Waals surface area contributed by atoms with E-state index in [9.17, 15) is 9.50 Å². The quantitative estimate of drug-likeness (QED) is 0.889. The Kier molecular flexibility index (Phi) is 4.11. The first kappa shape index (κ1) is 12.5. The summed E-state index contributed by atoms with van der Waals surface area (Å²) < 4.78 is 13.9. The number of benzene rings is 1. The highest BCUT2D eigenvalue weighted by Gasteiger charge is 2.15. The maximum Gasteiger partial charge on any atom is 0.132 e. The smallest absolute Gasteiger partial charge is 0.132 e. The highest BCUT2D eigenvalue weighted by Crippen LogP contribution is 2.30. The summed E-state index contributed by atoms with van der Waals surface area (Å²) >= 11 is 3.14. The van der Waals surface area contributed by atoms with Crippen molar-refractivity contribution in [1.82, 2.24) is 0 Å². The Morgan fingerprint density at radius 1 is 1.47 bits per heavy atom. The third-order valence-corrected chi connectivity index (χ3v) is 2.83. The average molecular weight is 276 g/mol. The van der Waals surface area contributed by atoms with Crippen molar-refractivity contribution in [2.75, 3.05) is 0 Å². The minimum atomic E-state index is -0.455. The maximum absolute atomic E-state index is 13.5. The van der Waals surface area contributed by atoms with E-state index in [-0.39, 0.29) is 11.8 Å². The van der Waals surface area contributed by atoms with Crippen molar-refractivity contribution in [2.45, 2.75) is 26.3 Å². The molecule has 0 aliphatic carbocycles. The molecule has 1 unspecified atom stereocenters. The van der Waals surface area contributed by atoms with Crippen molar-refractivity contribution in [3.8, 4) is 5.75 Å². The standard InChI is InChI=1S/C11H15BrFNO/c1-6(2)3-10(14)7-4-8(12)11(15)5-9(7)13/h4-6,10,15H,3,14H2,1-2H3. The van der Waals surface area contributed by atoms with Gasteiger partial charge in [-0.1, -0.05) is 13.8 Å². The minimum Gasteiger partial charge on any atom is -0.507 e. The van der Waals surface area contributed by atoms with Gasteiger partial charge in [0, 0.05) is 17.7 Å². The molecule has 0 heterocycles. The van der Waals surface area contributed by atoms with Gasteiger partial charge in [-0.15, -0.1) is 0 Å². The lowest BCUT2D eigenvalue weighted by Gasteiger charge is -2.15. The summed E-state index contributed by atoms with van der Waals surface area (Å²) in [4.78, 5) is 0. The summed E-state index contributed by atoms with van der Waals surface area (Å²) in [5.41, 5.74) is 6.31. The number of phenolic OH excluding ortho intramolecular Hbond substituents is 1. The van der Waals surface area contributed by atoms with Crippen LogP contribution in [0.15, 0.2) is 16.6 Å². The first-order chi connectivity index (χ1) is 6.91. The largest absolute Gasteiger partial charge is 0.507 e. The summed E-state index contributed by atoms with van der Waals surface area (Å²) in [6.45, 7) is 4.07. The Morgan fingerprint density at radius 2 is 2.07 bits per heavy atom. The third-order valence-electron chi connectivity index (χ3n) is 2.19. The van der Waals surface area contributed by atoms with Gasteiger partial charge in [0.2, 0.25) is 0 Å². The molecular weight excluding hydrogens is 261 g/mol. The van der Waals surface area contributed by atoms with Gasteiger partial charge in [0.15, 0.2) is 0 Å². The summed E-state index contributed by atoms with van der Waals surface area (Å²) in [5.74, 6) is -0.149. The first-order valence-corrected chi connectivity index (χ1v) is 5.64. The van der Waals surface area contributed by atoms with E-state index in [0.717, 1.165) is 6.07 Å². The monoisotopic (exact) mass is 275 g/mol. The SMILES string of the molecule is CC(C)CC(N)c1cc(Br)c(O)cc1F. The molecule has 0 radical (unpaired) electrons. The second kappa shape index (κ2) is 4.94. The Hall–Kier alpha value is -0.610. The van der Waals surface area contributed by atoms with Gasteiger partial charge in [0.05, 0.1) is 4.47 Å². The predicted molar refractivity (Wildman–Crippen MR) is 62.1 cm³/mol. The molecule has 0 saturated heterocycles. The number of halogens is 2. The van der Waals surface area contributed by atoms with Crippen LogP contribution in [0.5, 0.6) is 5.75 Å². The van der Waals surface area contributed by atoms with Crippen LogP contribution in [0.2, 0.25) is 0 Å². The Bertz CT molecular complexity index is 355. The lowest BCUT2D eigenvalue weighted by molar-refractivity contribution is 0.456. The van der Waals surface area contributed by atoms with Crippen LogP contribution in [-0.2, 0) is 0 Å². The van der Waals surface area contributed by atoms with Crippen LogP contribution >= 0.6 is 15.9 Å². The molecule has 1 aromatic carbocycles. The van der Waals surface area contributed by atoms with Crippen molar-refractivity contribution in [3.05, 3.63) is 28.0 Å². The zero-order valence-electron chi connectivity index (χ0n) is 8.80. The lowest BCUT2D eigenvalue weighted by Crippen LogP contribution is -2.14. The Morgan fingerprint density at radius 3 is 2.60 bits per heavy atom. The van der Waals surface area contributed by atoms with Gasteiger partial charge in [-0.05, 0) is 34.3 Å². The normalized spacial score (nSPS) is 13.2. The van der Waals surface area contributed by atoms with Crippen LogP contribution < -0.4 is 5.73 Å². The fourth-order valence-corrected chi connectivity index (χ4v) is 1.83. The van der Waals surface area contributed by atoms with Gasteiger partial charge in [-0.3, -0.25) is 0 Å². The van der Waals surface area contributed by atoms with E-state index < -0.39 is 5.82 Å². The van der Waals surface area contributed by atoms with E-state index in [4.69, 9.17) is 5.73 Å². The molecule has 0 bridgehead atoms. The van der Waals surface area contributed by atoms with Gasteiger partial charge in [0.1, 0.15) is 11.6 Å². The van der Waals surface area contributed by atoms with Gasteiger partial charge in [0.25, 0.3) is 0 Å². The van der Waals surface area contributed by atoms with Crippen LogP contribution in [-0.4, -0.2) is 5.11 Å². The van der Waals surface area contributed by atoms with Gasteiger partial charge in [-0.25, -0.2) is 4.39 Å². The number of hydrogen-bond acceptors (Lipinski definition) is 2. The molecule has 1 atom stereocenters. The summed E-state index contributed by atoms with van der Waals surface area (Å²) in [6.07, 6.45) is 0.716. The fraction of sp³-hybridized carbons (Fsp3) is 0.455. The van der Waals surface area contributed by atoms with Crippen molar-refractivity contribution < 1.29 is 9.50 Å². The molecule has 0 saturated carbocycles. The molecule has 0 fully saturated rings. The maximum atomic E-state index is 13.5. The van der Waals surface area contributed by atoms with Crippen molar-refractivity contribution in [1.29, 1.82) is 0 Å². The fourth-order valence-electron chi connectivity index (χ4n) is 1.47. The molecule has 0 aliphatic heterocycles. The summed E-state index contributed by atoms with van der Waals surface area (Å²) in [7, 11) is 0. The Labute approximate surface area is 97.4 Å². The molecule has 0 amide bonds. The van der Waals surface area contributed by atoms with Crippen LogP contribution in [0.3, 0.4) is 0 Å². The molecule has 1 aromatic rings. The number of aromatic hydroxyl groups is 1. The molecule has 0 aromatic heterocycles. The molecule has 4 heteroatoms. The molecule has 84 valence electrons. The molecule has 0 aliphatic rings. The molecule has 0 spiro atoms. The number of hydrogen-bond donors (Lipinski definition) is 2. The predicted octanol–water partition coefficient (Wildman–Crippen LogP) is 3.34. The molecule has 3 N–H and O–H groups in total. The number of nitrogens with two attached hydrogens (primary N) is 1. The molecule has 2 nitrogen and oxygen atoms in total. The molecule has 15 heavy (non-hydrogen) atoms. The van der Waals surface area contributed by atoms with Gasteiger partial charge >= 0.3 is 0 Å². The summed E-state index contributed by atoms with van der Waals surface area (Å²) in [6, 6.07) is 2.29. The van der Waals surface area contributed by atoms with Crippen molar-refractivity contribution in [2.24, 2.45) is 11.7 Å². The molecular formula is C11H15BrFNO. The first-order valence-electron chi connectivity index (χ1n) is 4.85. The van der Waals surface area contributed by atoms with Gasteiger partial charge < -0.3 is 10.8 Å². The number of phenols is 1. The van der Waals surface area contributed by atoms with Crippen LogP contribution in [0.25, 0.3) is 0 Å². The second-order valence-corrected chi connectivity index (χ2v) is 4.92. The number of rotatable bonds is 3. The zero-order chi connectivity index (χ0) is 11.6. The highest BCUT2D eigenvalue weighted by atomic mass is 79.9. The third kappa shape index (κ3) is 3.18. The molecule has 1 rings (SSSR count). The van der Waals surface area contributed by atoms with E-state index in [1.54, 1.807) is 0 Å². The summed E-state index contributed by atoms with van der Waals surface area (Å²) in [5, 5.41) is 9.26. The second-order valence-electron chi connectivity index (χ2n) is 4.06. The van der Waals surface area contributed by atoms with Gasteiger partial charge in [-0.2, -0.15) is 0 Å². The van der Waals surface area contributed by atoms with E-state index in [2.05, 4.69) is 15.9 Å².